The topological polar surface area (TPSA) is 54.3 Å². The number of hydrogen-bond donors (Lipinski definition) is 0. The zero-order valence-electron chi connectivity index (χ0n) is 17.7. The molecule has 4 rings (SSSR count). The van der Waals surface area contributed by atoms with Crippen LogP contribution < -0.4 is 4.74 Å². The average Bonchev–Trinajstić information content (AvgIpc) is 3.09. The van der Waals surface area contributed by atoms with Gasteiger partial charge in [-0.1, -0.05) is 79.7 Å². The molecule has 0 unspecified atom stereocenters. The second-order valence-corrected chi connectivity index (χ2v) is 8.50. The van der Waals surface area contributed by atoms with Gasteiger partial charge in [0.05, 0.1) is 25.1 Å². The van der Waals surface area contributed by atoms with E-state index in [0.29, 0.717) is 11.7 Å². The molecular formula is C25H25N3O2S. The van der Waals surface area contributed by atoms with Crippen molar-refractivity contribution in [3.05, 3.63) is 77.9 Å². The van der Waals surface area contributed by atoms with Crippen molar-refractivity contribution in [2.75, 3.05) is 7.11 Å². The number of methoxy groups -OCH3 is 1. The molecule has 1 saturated heterocycles. The Balaban J connectivity index is 1.63. The number of nitrogens with zero attached hydrogens (tertiary/aromatic N) is 3. The van der Waals surface area contributed by atoms with E-state index in [0.717, 1.165) is 40.5 Å². The van der Waals surface area contributed by atoms with Gasteiger partial charge in [-0.15, -0.1) is 5.10 Å². The number of carbonyl (C=O) groups excluding carboxylic acids is 1. The van der Waals surface area contributed by atoms with Gasteiger partial charge in [0.1, 0.15) is 5.75 Å². The van der Waals surface area contributed by atoms with Crippen molar-refractivity contribution < 1.29 is 9.53 Å². The third-order valence-electron chi connectivity index (χ3n) is 5.26. The van der Waals surface area contributed by atoms with E-state index in [2.05, 4.69) is 41.4 Å². The van der Waals surface area contributed by atoms with Gasteiger partial charge in [-0.2, -0.15) is 5.10 Å². The van der Waals surface area contributed by atoms with E-state index in [1.807, 2.05) is 42.5 Å². The van der Waals surface area contributed by atoms with Crippen LogP contribution in [0.3, 0.4) is 0 Å². The van der Waals surface area contributed by atoms with E-state index in [4.69, 9.17) is 4.74 Å². The highest BCUT2D eigenvalue weighted by Gasteiger charge is 2.37. The van der Waals surface area contributed by atoms with Crippen molar-refractivity contribution >= 4 is 39.8 Å². The molecule has 1 atom stereocenters. The van der Waals surface area contributed by atoms with Gasteiger partial charge >= 0.3 is 0 Å². The first-order valence-electron chi connectivity index (χ1n) is 10.4. The second kappa shape index (κ2) is 9.79. The molecule has 1 aliphatic rings. The largest absolute Gasteiger partial charge is 0.496 e. The molecular weight excluding hydrogens is 406 g/mol. The fraction of sp³-hybridized carbons (Fsp3) is 0.240. The summed E-state index contributed by atoms with van der Waals surface area (Å²) in [5.74, 6) is 0.837. The maximum absolute atomic E-state index is 13.1. The van der Waals surface area contributed by atoms with Crippen LogP contribution in [0.25, 0.3) is 10.8 Å². The fourth-order valence-electron chi connectivity index (χ4n) is 3.69. The highest BCUT2D eigenvalue weighted by atomic mass is 32.2. The molecule has 1 heterocycles. The minimum absolute atomic E-state index is 0.103. The minimum Gasteiger partial charge on any atom is -0.496 e. The van der Waals surface area contributed by atoms with Gasteiger partial charge in [-0.05, 0) is 34.9 Å². The fourth-order valence-corrected chi connectivity index (χ4v) is 4.90. The lowest BCUT2D eigenvalue weighted by Gasteiger charge is -2.17. The Kier molecular flexibility index (Phi) is 6.67. The molecule has 0 N–H and O–H groups in total. The third kappa shape index (κ3) is 4.64. The van der Waals surface area contributed by atoms with Crippen molar-refractivity contribution in [2.24, 2.45) is 10.2 Å². The Labute approximate surface area is 186 Å². The van der Waals surface area contributed by atoms with Gasteiger partial charge in [0, 0.05) is 5.56 Å². The lowest BCUT2D eigenvalue weighted by molar-refractivity contribution is -0.126. The normalized spacial score (nSPS) is 17.9. The zero-order chi connectivity index (χ0) is 21.6. The summed E-state index contributed by atoms with van der Waals surface area (Å²) in [6.07, 6.45) is 3.44. The van der Waals surface area contributed by atoms with Crippen LogP contribution in [0.4, 0.5) is 0 Å². The van der Waals surface area contributed by atoms with Gasteiger partial charge < -0.3 is 4.74 Å². The molecule has 31 heavy (non-hydrogen) atoms. The molecule has 1 aliphatic heterocycles. The van der Waals surface area contributed by atoms with Crippen molar-refractivity contribution in [3.63, 3.8) is 0 Å². The number of ether oxygens (including phenoxy) is 1. The molecule has 0 spiro atoms. The number of amidine groups is 1. The van der Waals surface area contributed by atoms with Crippen LogP contribution in [0.15, 0.2) is 76.9 Å². The third-order valence-corrected chi connectivity index (χ3v) is 6.49. The van der Waals surface area contributed by atoms with E-state index in [9.17, 15) is 4.79 Å². The number of thioether (sulfide) groups is 1. The van der Waals surface area contributed by atoms with Gasteiger partial charge in [-0.25, -0.2) is 0 Å². The van der Waals surface area contributed by atoms with Crippen molar-refractivity contribution in [3.8, 4) is 5.75 Å². The number of amides is 1. The summed E-state index contributed by atoms with van der Waals surface area (Å²) in [5.41, 5.74) is 1.94. The predicted molar refractivity (Wildman–Crippen MR) is 129 cm³/mol. The molecule has 3 aromatic rings. The van der Waals surface area contributed by atoms with E-state index < -0.39 is 0 Å². The summed E-state index contributed by atoms with van der Waals surface area (Å²) in [7, 11) is 1.63. The summed E-state index contributed by atoms with van der Waals surface area (Å²) in [6.45, 7) is 2.58. The SMILES string of the molecule is CCC[C@H]1S/C(=N/N=C\c2ccccc2OC)N(Cc2cccc3ccccc23)C1=O. The first-order chi connectivity index (χ1) is 15.2. The van der Waals surface area contributed by atoms with Crippen LogP contribution in [0, 0.1) is 0 Å². The average molecular weight is 432 g/mol. The summed E-state index contributed by atoms with van der Waals surface area (Å²) in [6, 6.07) is 22.1. The monoisotopic (exact) mass is 431 g/mol. The molecule has 1 amide bonds. The molecule has 0 aromatic heterocycles. The molecule has 0 aliphatic carbocycles. The van der Waals surface area contributed by atoms with E-state index >= 15 is 0 Å². The van der Waals surface area contributed by atoms with Crippen molar-refractivity contribution in [2.45, 2.75) is 31.6 Å². The first kappa shape index (κ1) is 21.1. The number of benzene rings is 3. The minimum atomic E-state index is -0.111. The predicted octanol–water partition coefficient (Wildman–Crippen LogP) is 5.48. The number of carbonyl (C=O) groups is 1. The van der Waals surface area contributed by atoms with Crippen LogP contribution in [0.1, 0.15) is 30.9 Å². The van der Waals surface area contributed by atoms with E-state index in [1.54, 1.807) is 18.2 Å². The van der Waals surface area contributed by atoms with Gasteiger partial charge in [0.25, 0.3) is 0 Å². The molecule has 158 valence electrons. The molecule has 0 saturated carbocycles. The van der Waals surface area contributed by atoms with Crippen molar-refractivity contribution in [1.82, 2.24) is 4.90 Å². The van der Waals surface area contributed by atoms with Crippen LogP contribution in [-0.4, -0.2) is 34.5 Å². The Hall–Kier alpha value is -3.12. The molecule has 0 radical (unpaired) electrons. The van der Waals surface area contributed by atoms with Gasteiger partial charge in [0.15, 0.2) is 5.17 Å². The molecule has 3 aromatic carbocycles. The zero-order valence-corrected chi connectivity index (χ0v) is 18.5. The number of fused-ring (bicyclic) bond motifs is 1. The van der Waals surface area contributed by atoms with Crippen LogP contribution in [0.2, 0.25) is 0 Å². The first-order valence-corrected chi connectivity index (χ1v) is 11.3. The highest BCUT2D eigenvalue weighted by Crippen LogP contribution is 2.33. The quantitative estimate of drug-likeness (QED) is 0.368. The lowest BCUT2D eigenvalue weighted by Crippen LogP contribution is -2.31. The smallest absolute Gasteiger partial charge is 0.242 e. The Morgan fingerprint density at radius 1 is 1.06 bits per heavy atom. The Morgan fingerprint density at radius 3 is 2.68 bits per heavy atom. The second-order valence-electron chi connectivity index (χ2n) is 7.33. The van der Waals surface area contributed by atoms with Gasteiger partial charge in [0.2, 0.25) is 5.91 Å². The standard InChI is InChI=1S/C25H25N3O2S/c1-3-9-23-24(29)28(17-20-13-8-12-18-10-4-6-14-21(18)20)25(31-23)27-26-16-19-11-5-7-15-22(19)30-2/h4-8,10-16,23H,3,9,17H2,1-2H3/b26-16-,27-25+/t23-/m1/s1. The lowest BCUT2D eigenvalue weighted by atomic mass is 10.0. The Morgan fingerprint density at radius 2 is 1.84 bits per heavy atom. The number of para-hydroxylation sites is 1. The summed E-state index contributed by atoms with van der Waals surface area (Å²) >= 11 is 1.50. The number of hydrogen-bond acceptors (Lipinski definition) is 5. The van der Waals surface area contributed by atoms with Gasteiger partial charge in [-0.3, -0.25) is 9.69 Å². The molecule has 1 fully saturated rings. The van der Waals surface area contributed by atoms with Crippen molar-refractivity contribution in [1.29, 1.82) is 0 Å². The van der Waals surface area contributed by atoms with E-state index in [-0.39, 0.29) is 11.2 Å². The van der Waals surface area contributed by atoms with Crippen LogP contribution in [0.5, 0.6) is 5.75 Å². The molecule has 5 nitrogen and oxygen atoms in total. The summed E-state index contributed by atoms with van der Waals surface area (Å²) in [4.78, 5) is 14.9. The summed E-state index contributed by atoms with van der Waals surface area (Å²) < 4.78 is 5.37. The van der Waals surface area contributed by atoms with Crippen LogP contribution >= 0.6 is 11.8 Å². The van der Waals surface area contributed by atoms with Crippen LogP contribution in [-0.2, 0) is 11.3 Å². The number of rotatable bonds is 7. The molecule has 0 bridgehead atoms. The Bertz CT molecular complexity index is 1140. The van der Waals surface area contributed by atoms with E-state index in [1.165, 1.54) is 11.8 Å². The highest BCUT2D eigenvalue weighted by molar-refractivity contribution is 8.15. The maximum atomic E-state index is 13.1. The molecule has 6 heteroatoms. The summed E-state index contributed by atoms with van der Waals surface area (Å²) in [5, 5.41) is 11.6. The maximum Gasteiger partial charge on any atom is 0.242 e.